The minimum absolute atomic E-state index is 0. The smallest absolute Gasteiger partial charge is 0.234 e. The number of rotatable bonds is 5. The van der Waals surface area contributed by atoms with Gasteiger partial charge in [0, 0.05) is 12.6 Å². The fourth-order valence-corrected chi connectivity index (χ4v) is 2.45. The molecule has 4 nitrogen and oxygen atoms in total. The quantitative estimate of drug-likeness (QED) is 0.778. The van der Waals surface area contributed by atoms with E-state index in [1.165, 1.54) is 32.1 Å². The third kappa shape index (κ3) is 6.24. The standard InChI is InChI=1S/C12H25N3O.ClH/c1-15(2)9-12(16)14-11(8-13)10-6-4-3-5-7-10;/h10-11H,3-9,13H2,1-2H3,(H,14,16);1H. The van der Waals surface area contributed by atoms with Gasteiger partial charge in [0.25, 0.3) is 0 Å². The first kappa shape index (κ1) is 16.7. The van der Waals surface area contributed by atoms with E-state index in [1.807, 2.05) is 19.0 Å². The van der Waals surface area contributed by atoms with E-state index in [9.17, 15) is 4.79 Å². The third-order valence-corrected chi connectivity index (χ3v) is 3.28. The van der Waals surface area contributed by atoms with Gasteiger partial charge in [0.15, 0.2) is 0 Å². The molecule has 1 fully saturated rings. The van der Waals surface area contributed by atoms with E-state index < -0.39 is 0 Å². The van der Waals surface area contributed by atoms with Crippen molar-refractivity contribution < 1.29 is 4.79 Å². The highest BCUT2D eigenvalue weighted by Crippen LogP contribution is 2.26. The fourth-order valence-electron chi connectivity index (χ4n) is 2.45. The van der Waals surface area contributed by atoms with Gasteiger partial charge in [-0.05, 0) is 32.9 Å². The second kappa shape index (κ2) is 8.72. The van der Waals surface area contributed by atoms with Crippen LogP contribution in [0.15, 0.2) is 0 Å². The van der Waals surface area contributed by atoms with Crippen molar-refractivity contribution in [1.29, 1.82) is 0 Å². The van der Waals surface area contributed by atoms with Crippen LogP contribution in [0.3, 0.4) is 0 Å². The summed E-state index contributed by atoms with van der Waals surface area (Å²) in [6.45, 7) is 1.01. The van der Waals surface area contributed by atoms with E-state index in [0.29, 0.717) is 19.0 Å². The zero-order valence-electron chi connectivity index (χ0n) is 10.9. The molecule has 0 aliphatic heterocycles. The largest absolute Gasteiger partial charge is 0.351 e. The molecular weight excluding hydrogens is 238 g/mol. The maximum atomic E-state index is 11.7. The molecule has 0 bridgehead atoms. The predicted molar refractivity (Wildman–Crippen MR) is 73.4 cm³/mol. The molecule has 1 aliphatic rings. The summed E-state index contributed by atoms with van der Waals surface area (Å²) in [4.78, 5) is 13.5. The van der Waals surface area contributed by atoms with Crippen LogP contribution in [0.5, 0.6) is 0 Å². The number of hydrogen-bond donors (Lipinski definition) is 2. The van der Waals surface area contributed by atoms with Crippen LogP contribution in [0.25, 0.3) is 0 Å². The normalized spacial score (nSPS) is 18.6. The zero-order chi connectivity index (χ0) is 12.0. The van der Waals surface area contributed by atoms with Gasteiger partial charge in [0.05, 0.1) is 6.54 Å². The summed E-state index contributed by atoms with van der Waals surface area (Å²) in [6, 6.07) is 0.174. The lowest BCUT2D eigenvalue weighted by Crippen LogP contribution is -2.48. The van der Waals surface area contributed by atoms with Crippen LogP contribution in [0, 0.1) is 5.92 Å². The monoisotopic (exact) mass is 263 g/mol. The lowest BCUT2D eigenvalue weighted by Gasteiger charge is -2.30. The third-order valence-electron chi connectivity index (χ3n) is 3.28. The maximum absolute atomic E-state index is 11.7. The van der Waals surface area contributed by atoms with Crippen molar-refractivity contribution in [3.63, 3.8) is 0 Å². The Morgan fingerprint density at radius 3 is 2.41 bits per heavy atom. The second-order valence-corrected chi connectivity index (χ2v) is 5.05. The molecule has 1 amide bonds. The molecule has 0 aromatic heterocycles. The molecule has 0 aromatic rings. The van der Waals surface area contributed by atoms with E-state index in [-0.39, 0.29) is 24.4 Å². The van der Waals surface area contributed by atoms with Crippen molar-refractivity contribution >= 4 is 18.3 Å². The van der Waals surface area contributed by atoms with Crippen LogP contribution in [0.2, 0.25) is 0 Å². The van der Waals surface area contributed by atoms with Crippen LogP contribution >= 0.6 is 12.4 Å². The van der Waals surface area contributed by atoms with Gasteiger partial charge in [0.1, 0.15) is 0 Å². The van der Waals surface area contributed by atoms with Crippen molar-refractivity contribution in [2.75, 3.05) is 27.2 Å². The number of nitrogens with zero attached hydrogens (tertiary/aromatic N) is 1. The minimum Gasteiger partial charge on any atom is -0.351 e. The second-order valence-electron chi connectivity index (χ2n) is 5.05. The first-order valence-electron chi connectivity index (χ1n) is 6.27. The van der Waals surface area contributed by atoms with Gasteiger partial charge in [-0.1, -0.05) is 19.3 Å². The number of amides is 1. The van der Waals surface area contributed by atoms with E-state index in [2.05, 4.69) is 5.32 Å². The van der Waals surface area contributed by atoms with Gasteiger partial charge < -0.3 is 16.0 Å². The highest BCUT2D eigenvalue weighted by Gasteiger charge is 2.23. The zero-order valence-corrected chi connectivity index (χ0v) is 11.8. The molecule has 1 unspecified atom stereocenters. The first-order chi connectivity index (χ1) is 7.63. The molecule has 1 rings (SSSR count). The van der Waals surface area contributed by atoms with E-state index in [1.54, 1.807) is 0 Å². The van der Waals surface area contributed by atoms with Crippen molar-refractivity contribution in [2.45, 2.75) is 38.1 Å². The minimum atomic E-state index is 0. The molecular formula is C12H26ClN3O. The summed E-state index contributed by atoms with van der Waals surface area (Å²) in [5.41, 5.74) is 5.75. The van der Waals surface area contributed by atoms with Crippen molar-refractivity contribution in [3.05, 3.63) is 0 Å². The van der Waals surface area contributed by atoms with E-state index in [0.717, 1.165) is 0 Å². The fraction of sp³-hybridized carbons (Fsp3) is 0.917. The van der Waals surface area contributed by atoms with Crippen LogP contribution < -0.4 is 11.1 Å². The van der Waals surface area contributed by atoms with Crippen LogP contribution in [0.4, 0.5) is 0 Å². The SMILES string of the molecule is CN(C)CC(=O)NC(CN)C1CCCCC1.Cl. The predicted octanol–water partition coefficient (Wildman–Crippen LogP) is 0.994. The Hall–Kier alpha value is -0.320. The van der Waals surface area contributed by atoms with Gasteiger partial charge in [-0.3, -0.25) is 4.79 Å². The number of likely N-dealkylation sites (N-methyl/N-ethyl adjacent to an activating group) is 1. The Balaban J connectivity index is 0.00000256. The van der Waals surface area contributed by atoms with E-state index in [4.69, 9.17) is 5.73 Å². The molecule has 0 heterocycles. The molecule has 5 heteroatoms. The molecule has 1 atom stereocenters. The summed E-state index contributed by atoms with van der Waals surface area (Å²) < 4.78 is 0. The Labute approximate surface area is 111 Å². The Morgan fingerprint density at radius 2 is 1.94 bits per heavy atom. The Morgan fingerprint density at radius 1 is 1.35 bits per heavy atom. The molecule has 1 saturated carbocycles. The van der Waals surface area contributed by atoms with Gasteiger partial charge >= 0.3 is 0 Å². The number of nitrogens with one attached hydrogen (secondary N) is 1. The molecule has 0 saturated heterocycles. The average molecular weight is 264 g/mol. The van der Waals surface area contributed by atoms with Crippen molar-refractivity contribution in [3.8, 4) is 0 Å². The van der Waals surface area contributed by atoms with Crippen LogP contribution in [-0.4, -0.2) is 44.0 Å². The molecule has 0 spiro atoms. The molecule has 0 aromatic carbocycles. The summed E-state index contributed by atoms with van der Waals surface area (Å²) in [5.74, 6) is 0.677. The van der Waals surface area contributed by atoms with Crippen molar-refractivity contribution in [1.82, 2.24) is 10.2 Å². The molecule has 102 valence electrons. The highest BCUT2D eigenvalue weighted by molar-refractivity contribution is 5.85. The number of carbonyl (C=O) groups is 1. The van der Waals surface area contributed by atoms with Crippen LogP contribution in [0.1, 0.15) is 32.1 Å². The molecule has 1 aliphatic carbocycles. The summed E-state index contributed by atoms with van der Waals surface area (Å²) in [7, 11) is 3.80. The highest BCUT2D eigenvalue weighted by atomic mass is 35.5. The Kier molecular flexibility index (Phi) is 8.56. The first-order valence-corrected chi connectivity index (χ1v) is 6.27. The topological polar surface area (TPSA) is 58.4 Å². The summed E-state index contributed by atoms with van der Waals surface area (Å²) in [5, 5.41) is 3.06. The average Bonchev–Trinajstić information content (AvgIpc) is 2.26. The van der Waals surface area contributed by atoms with Gasteiger partial charge in [0.2, 0.25) is 5.91 Å². The summed E-state index contributed by atoms with van der Waals surface area (Å²) >= 11 is 0. The number of halogens is 1. The molecule has 0 radical (unpaired) electrons. The Bertz CT molecular complexity index is 218. The number of carbonyl (C=O) groups excluding carboxylic acids is 1. The van der Waals surface area contributed by atoms with Crippen LogP contribution in [-0.2, 0) is 4.79 Å². The number of nitrogens with two attached hydrogens (primary N) is 1. The van der Waals surface area contributed by atoms with Gasteiger partial charge in [-0.2, -0.15) is 0 Å². The number of hydrogen-bond acceptors (Lipinski definition) is 3. The lowest BCUT2D eigenvalue weighted by molar-refractivity contribution is -0.122. The summed E-state index contributed by atoms with van der Waals surface area (Å²) in [6.07, 6.45) is 6.32. The van der Waals surface area contributed by atoms with Crippen molar-refractivity contribution in [2.24, 2.45) is 11.7 Å². The molecule has 3 N–H and O–H groups in total. The lowest BCUT2D eigenvalue weighted by atomic mass is 9.84. The maximum Gasteiger partial charge on any atom is 0.234 e. The van der Waals surface area contributed by atoms with E-state index >= 15 is 0 Å². The molecule has 17 heavy (non-hydrogen) atoms. The van der Waals surface area contributed by atoms with Gasteiger partial charge in [-0.15, -0.1) is 12.4 Å². The van der Waals surface area contributed by atoms with Gasteiger partial charge in [-0.25, -0.2) is 0 Å².